The number of halogens is 1. The summed E-state index contributed by atoms with van der Waals surface area (Å²) in [6, 6.07) is 0. The van der Waals surface area contributed by atoms with Gasteiger partial charge in [0.05, 0.1) is 6.10 Å². The lowest BCUT2D eigenvalue weighted by Crippen LogP contribution is -2.49. The molecule has 0 aromatic carbocycles. The third-order valence-corrected chi connectivity index (χ3v) is 7.26. The first-order chi connectivity index (χ1) is 10.0. The molecule has 4 aliphatic rings. The third kappa shape index (κ3) is 1.89. The zero-order valence-corrected chi connectivity index (χ0v) is 12.7. The first-order valence-electron chi connectivity index (χ1n) is 8.57. The van der Waals surface area contributed by atoms with Crippen molar-refractivity contribution in [1.82, 2.24) is 0 Å². The average molecular weight is 292 g/mol. The Balaban J connectivity index is 1.67. The molecule has 0 spiro atoms. The second-order valence-corrected chi connectivity index (χ2v) is 8.03. The first kappa shape index (κ1) is 13.9. The van der Waals surface area contributed by atoms with Gasteiger partial charge in [-0.25, -0.2) is 4.39 Å². The number of alkyl halides is 1. The van der Waals surface area contributed by atoms with E-state index < -0.39 is 6.17 Å². The molecule has 1 N–H and O–H groups in total. The van der Waals surface area contributed by atoms with Gasteiger partial charge in [-0.2, -0.15) is 0 Å². The number of carbonyl (C=O) groups excluding carboxylic acids is 1. The first-order valence-corrected chi connectivity index (χ1v) is 8.57. The number of ketones is 1. The topological polar surface area (TPSA) is 37.3 Å². The monoisotopic (exact) mass is 292 g/mol. The highest BCUT2D eigenvalue weighted by Crippen LogP contribution is 2.62. The highest BCUT2D eigenvalue weighted by Gasteiger charge is 2.57. The summed E-state index contributed by atoms with van der Waals surface area (Å²) in [5.74, 6) is 1.83. The maximum absolute atomic E-state index is 14.7. The lowest BCUT2D eigenvalue weighted by Gasteiger charge is -2.54. The molecular formula is C18H25FO2. The summed E-state index contributed by atoms with van der Waals surface area (Å²) in [7, 11) is 0. The Labute approximate surface area is 125 Å². The zero-order chi connectivity index (χ0) is 14.8. The Bertz CT molecular complexity index is 499. The van der Waals surface area contributed by atoms with Crippen molar-refractivity contribution in [2.45, 2.75) is 64.1 Å². The average Bonchev–Trinajstić information content (AvgIpc) is 2.76. The highest BCUT2D eigenvalue weighted by molar-refractivity contribution is 5.91. The molecule has 0 aliphatic heterocycles. The largest absolute Gasteiger partial charge is 0.393 e. The van der Waals surface area contributed by atoms with E-state index in [0.717, 1.165) is 37.7 Å². The Morgan fingerprint density at radius 1 is 1.24 bits per heavy atom. The van der Waals surface area contributed by atoms with Crippen molar-refractivity contribution in [3.05, 3.63) is 11.6 Å². The van der Waals surface area contributed by atoms with Crippen LogP contribution in [0.3, 0.4) is 0 Å². The zero-order valence-electron chi connectivity index (χ0n) is 12.7. The number of allylic oxidation sites excluding steroid dienone is 1. The van der Waals surface area contributed by atoms with Gasteiger partial charge >= 0.3 is 0 Å². The number of carbonyl (C=O) groups is 1. The maximum atomic E-state index is 14.7. The number of fused-ring (bicyclic) bond motifs is 5. The molecule has 4 aliphatic carbocycles. The molecule has 0 aromatic heterocycles. The maximum Gasteiger partial charge on any atom is 0.155 e. The van der Waals surface area contributed by atoms with Gasteiger partial charge in [-0.15, -0.1) is 0 Å². The van der Waals surface area contributed by atoms with Gasteiger partial charge in [-0.05, 0) is 79.3 Å². The van der Waals surface area contributed by atoms with Crippen LogP contribution in [-0.2, 0) is 4.79 Å². The van der Waals surface area contributed by atoms with E-state index in [1.165, 1.54) is 0 Å². The number of hydrogen-bond acceptors (Lipinski definition) is 2. The van der Waals surface area contributed by atoms with E-state index in [4.69, 9.17) is 0 Å². The third-order valence-electron chi connectivity index (χ3n) is 7.26. The van der Waals surface area contributed by atoms with E-state index in [9.17, 15) is 14.3 Å². The normalized spacial score (nSPS) is 52.7. The molecule has 0 heterocycles. The minimum absolute atomic E-state index is 0.00654. The van der Waals surface area contributed by atoms with Crippen molar-refractivity contribution in [1.29, 1.82) is 0 Å². The van der Waals surface area contributed by atoms with Crippen LogP contribution in [-0.4, -0.2) is 23.2 Å². The molecule has 0 aromatic rings. The van der Waals surface area contributed by atoms with Crippen LogP contribution in [0.5, 0.6) is 0 Å². The minimum atomic E-state index is -0.930. The summed E-state index contributed by atoms with van der Waals surface area (Å²) >= 11 is 0. The standard InChI is InChI=1S/C18H25FO2/c1-18-7-6-12-11-3-2-10(20)8-14(11)16(19)9-13(12)15(18)4-5-17(18)21/h8,11-13,15-17,21H,2-7,9H2,1H3/t11?,12?,13?,15?,16-,17-,18-/m0/s1. The van der Waals surface area contributed by atoms with E-state index in [1.54, 1.807) is 6.08 Å². The molecule has 0 radical (unpaired) electrons. The molecule has 3 saturated carbocycles. The van der Waals surface area contributed by atoms with Crippen LogP contribution >= 0.6 is 0 Å². The van der Waals surface area contributed by atoms with Crippen molar-refractivity contribution >= 4 is 5.78 Å². The summed E-state index contributed by atoms with van der Waals surface area (Å²) in [5.41, 5.74) is 0.807. The van der Waals surface area contributed by atoms with Gasteiger partial charge in [0.15, 0.2) is 5.78 Å². The van der Waals surface area contributed by atoms with Gasteiger partial charge < -0.3 is 5.11 Å². The van der Waals surface area contributed by atoms with E-state index in [0.29, 0.717) is 36.5 Å². The Kier molecular flexibility index (Phi) is 3.08. The molecule has 116 valence electrons. The van der Waals surface area contributed by atoms with Crippen LogP contribution in [0.1, 0.15) is 51.9 Å². The summed E-state index contributed by atoms with van der Waals surface area (Å²) in [4.78, 5) is 11.6. The fourth-order valence-corrected chi connectivity index (χ4v) is 6.12. The van der Waals surface area contributed by atoms with Crippen molar-refractivity contribution in [2.75, 3.05) is 0 Å². The van der Waals surface area contributed by atoms with Crippen molar-refractivity contribution < 1.29 is 14.3 Å². The lowest BCUT2D eigenvalue weighted by atomic mass is 9.52. The van der Waals surface area contributed by atoms with Crippen LogP contribution in [0.25, 0.3) is 0 Å². The Morgan fingerprint density at radius 2 is 2.05 bits per heavy atom. The SMILES string of the molecule is C[C@]12CCC3C4CCC(=O)C=C4[C@@H](F)CC3C1CC[C@@H]2O. The summed E-state index contributed by atoms with van der Waals surface area (Å²) in [6.07, 6.45) is 6.59. The van der Waals surface area contributed by atoms with Gasteiger partial charge in [0, 0.05) is 6.42 Å². The molecule has 3 fully saturated rings. The molecule has 4 rings (SSSR count). The number of hydrogen-bond donors (Lipinski definition) is 1. The van der Waals surface area contributed by atoms with Crippen LogP contribution in [0, 0.1) is 29.1 Å². The predicted molar refractivity (Wildman–Crippen MR) is 78.4 cm³/mol. The second kappa shape index (κ2) is 4.65. The summed E-state index contributed by atoms with van der Waals surface area (Å²) < 4.78 is 14.7. The van der Waals surface area contributed by atoms with E-state index in [-0.39, 0.29) is 17.3 Å². The number of aliphatic hydroxyl groups is 1. The second-order valence-electron chi connectivity index (χ2n) is 8.03. The molecular weight excluding hydrogens is 267 g/mol. The molecule has 21 heavy (non-hydrogen) atoms. The molecule has 0 bridgehead atoms. The Hall–Kier alpha value is -0.700. The van der Waals surface area contributed by atoms with Gasteiger partial charge in [-0.3, -0.25) is 4.79 Å². The summed E-state index contributed by atoms with van der Waals surface area (Å²) in [6.45, 7) is 2.22. The van der Waals surface area contributed by atoms with Gasteiger partial charge in [0.1, 0.15) is 6.17 Å². The van der Waals surface area contributed by atoms with E-state index in [2.05, 4.69) is 6.92 Å². The molecule has 2 nitrogen and oxygen atoms in total. The van der Waals surface area contributed by atoms with Gasteiger partial charge in [-0.1, -0.05) is 6.92 Å². The van der Waals surface area contributed by atoms with Crippen LogP contribution in [0.2, 0.25) is 0 Å². The molecule has 0 amide bonds. The summed E-state index contributed by atoms with van der Waals surface area (Å²) in [5, 5.41) is 10.4. The van der Waals surface area contributed by atoms with E-state index in [1.807, 2.05) is 0 Å². The fourth-order valence-electron chi connectivity index (χ4n) is 6.12. The molecule has 0 saturated heterocycles. The fraction of sp³-hybridized carbons (Fsp3) is 0.833. The van der Waals surface area contributed by atoms with Crippen LogP contribution in [0.15, 0.2) is 11.6 Å². The highest BCUT2D eigenvalue weighted by atomic mass is 19.1. The van der Waals surface area contributed by atoms with Crippen LogP contribution < -0.4 is 0 Å². The molecule has 4 unspecified atom stereocenters. The quantitative estimate of drug-likeness (QED) is 0.742. The van der Waals surface area contributed by atoms with Gasteiger partial charge in [0.25, 0.3) is 0 Å². The minimum Gasteiger partial charge on any atom is -0.393 e. The number of rotatable bonds is 0. The van der Waals surface area contributed by atoms with Gasteiger partial charge in [0.2, 0.25) is 0 Å². The van der Waals surface area contributed by atoms with Crippen molar-refractivity contribution in [3.8, 4) is 0 Å². The van der Waals surface area contributed by atoms with Crippen LogP contribution in [0.4, 0.5) is 4.39 Å². The molecule has 3 heteroatoms. The predicted octanol–water partition coefficient (Wildman–Crippen LogP) is 3.44. The molecule has 7 atom stereocenters. The Morgan fingerprint density at radius 3 is 2.86 bits per heavy atom. The lowest BCUT2D eigenvalue weighted by molar-refractivity contribution is -0.116. The number of aliphatic hydroxyl groups excluding tert-OH is 1. The van der Waals surface area contributed by atoms with Crippen molar-refractivity contribution in [3.63, 3.8) is 0 Å². The van der Waals surface area contributed by atoms with Crippen molar-refractivity contribution in [2.24, 2.45) is 29.1 Å². The van der Waals surface area contributed by atoms with E-state index >= 15 is 0 Å². The smallest absolute Gasteiger partial charge is 0.155 e.